The summed E-state index contributed by atoms with van der Waals surface area (Å²) in [6, 6.07) is 15.9. The lowest BCUT2D eigenvalue weighted by atomic mass is 10.2. The first-order valence-electron chi connectivity index (χ1n) is 9.80. The number of hydrogen-bond acceptors (Lipinski definition) is 6. The molecule has 1 fully saturated rings. The van der Waals surface area contributed by atoms with E-state index in [0.717, 1.165) is 29.8 Å². The first-order chi connectivity index (χ1) is 14.5. The smallest absolute Gasteiger partial charge is 0.257 e. The van der Waals surface area contributed by atoms with E-state index in [1.807, 2.05) is 30.3 Å². The predicted molar refractivity (Wildman–Crippen MR) is 116 cm³/mol. The molecule has 9 heteroatoms. The van der Waals surface area contributed by atoms with Crippen LogP contribution in [0.3, 0.4) is 0 Å². The van der Waals surface area contributed by atoms with Gasteiger partial charge in [-0.15, -0.1) is 10.2 Å². The Kier molecular flexibility index (Phi) is 6.21. The standard InChI is InChI=1S/C21H22N4O3S2/c26-20(22-21-24-23-19(29-21)15-16-7-3-1-4-8-16)17-9-11-18(12-10-17)30(27,28)25-13-5-2-6-14-25/h1,3-4,7-12H,2,5-6,13-15H2,(H,22,24,26). The van der Waals surface area contributed by atoms with Crippen LogP contribution in [0.4, 0.5) is 5.13 Å². The molecule has 2 aromatic carbocycles. The van der Waals surface area contributed by atoms with E-state index in [0.29, 0.717) is 30.2 Å². The van der Waals surface area contributed by atoms with E-state index in [2.05, 4.69) is 15.5 Å². The molecule has 2 heterocycles. The number of nitrogens with zero attached hydrogens (tertiary/aromatic N) is 3. The number of amides is 1. The second kappa shape index (κ2) is 9.03. The Balaban J connectivity index is 1.40. The van der Waals surface area contributed by atoms with E-state index in [1.165, 1.54) is 39.9 Å². The van der Waals surface area contributed by atoms with Gasteiger partial charge in [0.2, 0.25) is 15.2 Å². The summed E-state index contributed by atoms with van der Waals surface area (Å²) in [4.78, 5) is 12.7. The molecule has 30 heavy (non-hydrogen) atoms. The molecular weight excluding hydrogens is 420 g/mol. The van der Waals surface area contributed by atoms with Gasteiger partial charge in [-0.3, -0.25) is 10.1 Å². The van der Waals surface area contributed by atoms with Gasteiger partial charge in [0.05, 0.1) is 4.90 Å². The first-order valence-corrected chi connectivity index (χ1v) is 12.1. The SMILES string of the molecule is O=C(Nc1nnc(Cc2ccccc2)s1)c1ccc(S(=O)(=O)N2CCCCC2)cc1. The van der Waals surface area contributed by atoms with Crippen molar-refractivity contribution in [2.24, 2.45) is 0 Å². The summed E-state index contributed by atoms with van der Waals surface area (Å²) in [5.41, 5.74) is 1.49. The number of piperidine rings is 1. The number of benzene rings is 2. The fourth-order valence-corrected chi connectivity index (χ4v) is 5.63. The fraction of sp³-hybridized carbons (Fsp3) is 0.286. The number of sulfonamides is 1. The molecule has 156 valence electrons. The van der Waals surface area contributed by atoms with Crippen molar-refractivity contribution in [3.05, 3.63) is 70.7 Å². The summed E-state index contributed by atoms with van der Waals surface area (Å²) in [6.07, 6.45) is 3.48. The Morgan fingerprint density at radius 1 is 0.967 bits per heavy atom. The Labute approximate surface area is 179 Å². The molecule has 1 N–H and O–H groups in total. The highest BCUT2D eigenvalue weighted by Gasteiger charge is 2.26. The molecule has 1 aliphatic heterocycles. The van der Waals surface area contributed by atoms with Crippen molar-refractivity contribution in [2.75, 3.05) is 18.4 Å². The third kappa shape index (κ3) is 4.75. The Morgan fingerprint density at radius 3 is 2.37 bits per heavy atom. The average molecular weight is 443 g/mol. The maximum Gasteiger partial charge on any atom is 0.257 e. The van der Waals surface area contributed by atoms with Crippen LogP contribution in [0, 0.1) is 0 Å². The van der Waals surface area contributed by atoms with Crippen LogP contribution in [0.25, 0.3) is 0 Å². The molecule has 1 aromatic heterocycles. The number of carbonyl (C=O) groups is 1. The van der Waals surface area contributed by atoms with Crippen molar-refractivity contribution >= 4 is 32.4 Å². The molecule has 0 spiro atoms. The van der Waals surface area contributed by atoms with Gasteiger partial charge in [-0.25, -0.2) is 8.42 Å². The molecule has 0 aliphatic carbocycles. The van der Waals surface area contributed by atoms with Gasteiger partial charge in [0.15, 0.2) is 0 Å². The zero-order valence-corrected chi connectivity index (χ0v) is 18.0. The van der Waals surface area contributed by atoms with Gasteiger partial charge in [-0.05, 0) is 42.7 Å². The van der Waals surface area contributed by atoms with Crippen molar-refractivity contribution in [2.45, 2.75) is 30.6 Å². The minimum absolute atomic E-state index is 0.210. The summed E-state index contributed by atoms with van der Waals surface area (Å²) in [5, 5.41) is 12.1. The van der Waals surface area contributed by atoms with E-state index < -0.39 is 10.0 Å². The van der Waals surface area contributed by atoms with Gasteiger partial charge in [-0.2, -0.15) is 4.31 Å². The largest absolute Gasteiger partial charge is 0.296 e. The van der Waals surface area contributed by atoms with Crippen LogP contribution in [0.15, 0.2) is 59.5 Å². The molecule has 3 aromatic rings. The van der Waals surface area contributed by atoms with Crippen molar-refractivity contribution in [1.29, 1.82) is 0 Å². The summed E-state index contributed by atoms with van der Waals surface area (Å²) in [6.45, 7) is 1.10. The third-order valence-electron chi connectivity index (χ3n) is 4.95. The average Bonchev–Trinajstić information content (AvgIpc) is 3.21. The highest BCUT2D eigenvalue weighted by molar-refractivity contribution is 7.89. The van der Waals surface area contributed by atoms with E-state index in [-0.39, 0.29) is 10.8 Å². The molecule has 1 aliphatic rings. The molecular formula is C21H22N4O3S2. The summed E-state index contributed by atoms with van der Waals surface area (Å²) in [5.74, 6) is -0.348. The maximum absolute atomic E-state index is 12.7. The second-order valence-corrected chi connectivity index (χ2v) is 10.1. The molecule has 0 unspecified atom stereocenters. The minimum Gasteiger partial charge on any atom is -0.296 e. The first kappa shape index (κ1) is 20.6. The van der Waals surface area contributed by atoms with Crippen LogP contribution in [0.5, 0.6) is 0 Å². The normalized spacial score (nSPS) is 15.1. The van der Waals surface area contributed by atoms with Crippen LogP contribution in [0.1, 0.15) is 40.2 Å². The van der Waals surface area contributed by atoms with Crippen LogP contribution < -0.4 is 5.32 Å². The molecule has 0 atom stereocenters. The van der Waals surface area contributed by atoms with Crippen molar-refractivity contribution in [3.8, 4) is 0 Å². The van der Waals surface area contributed by atoms with Gasteiger partial charge in [-0.1, -0.05) is 48.1 Å². The van der Waals surface area contributed by atoms with E-state index in [1.54, 1.807) is 0 Å². The van der Waals surface area contributed by atoms with E-state index in [9.17, 15) is 13.2 Å². The summed E-state index contributed by atoms with van der Waals surface area (Å²) >= 11 is 1.32. The van der Waals surface area contributed by atoms with Crippen LogP contribution in [-0.4, -0.2) is 41.9 Å². The summed E-state index contributed by atoms with van der Waals surface area (Å²) < 4.78 is 27.0. The number of hydrogen-bond donors (Lipinski definition) is 1. The number of anilines is 1. The molecule has 0 radical (unpaired) electrons. The zero-order valence-electron chi connectivity index (χ0n) is 16.3. The molecule has 1 saturated heterocycles. The highest BCUT2D eigenvalue weighted by Crippen LogP contribution is 2.22. The fourth-order valence-electron chi connectivity index (χ4n) is 3.35. The zero-order chi connectivity index (χ0) is 21.0. The van der Waals surface area contributed by atoms with E-state index >= 15 is 0 Å². The molecule has 7 nitrogen and oxygen atoms in total. The maximum atomic E-state index is 12.7. The molecule has 0 saturated carbocycles. The number of nitrogens with one attached hydrogen (secondary N) is 1. The van der Waals surface area contributed by atoms with E-state index in [4.69, 9.17) is 0 Å². The van der Waals surface area contributed by atoms with Crippen LogP contribution >= 0.6 is 11.3 Å². The van der Waals surface area contributed by atoms with Crippen molar-refractivity contribution in [3.63, 3.8) is 0 Å². The topological polar surface area (TPSA) is 92.3 Å². The van der Waals surface area contributed by atoms with Crippen molar-refractivity contribution < 1.29 is 13.2 Å². The van der Waals surface area contributed by atoms with Gasteiger partial charge in [0.25, 0.3) is 5.91 Å². The number of carbonyl (C=O) groups excluding carboxylic acids is 1. The monoisotopic (exact) mass is 442 g/mol. The molecule has 4 rings (SSSR count). The van der Waals surface area contributed by atoms with Gasteiger partial charge in [0, 0.05) is 25.1 Å². The van der Waals surface area contributed by atoms with Gasteiger partial charge >= 0.3 is 0 Å². The van der Waals surface area contributed by atoms with Crippen LogP contribution in [0.2, 0.25) is 0 Å². The second-order valence-electron chi connectivity index (χ2n) is 7.11. The Bertz CT molecular complexity index is 1110. The van der Waals surface area contributed by atoms with Gasteiger partial charge < -0.3 is 0 Å². The Morgan fingerprint density at radius 2 is 1.67 bits per heavy atom. The lowest BCUT2D eigenvalue weighted by molar-refractivity contribution is 0.102. The Hall–Kier alpha value is -2.62. The van der Waals surface area contributed by atoms with Crippen LogP contribution in [-0.2, 0) is 16.4 Å². The number of rotatable bonds is 6. The molecule has 0 bridgehead atoms. The number of aromatic nitrogens is 2. The molecule has 1 amide bonds. The quantitative estimate of drug-likeness (QED) is 0.630. The third-order valence-corrected chi connectivity index (χ3v) is 7.71. The lowest BCUT2D eigenvalue weighted by Crippen LogP contribution is -2.35. The van der Waals surface area contributed by atoms with Crippen molar-refractivity contribution in [1.82, 2.24) is 14.5 Å². The minimum atomic E-state index is -3.51. The predicted octanol–water partition coefficient (Wildman–Crippen LogP) is 3.56. The highest BCUT2D eigenvalue weighted by atomic mass is 32.2. The summed E-state index contributed by atoms with van der Waals surface area (Å²) in [7, 11) is -3.51. The van der Waals surface area contributed by atoms with Gasteiger partial charge in [0.1, 0.15) is 5.01 Å². The lowest BCUT2D eigenvalue weighted by Gasteiger charge is -2.25.